The standard InChI is InChI=1S/C18H40N4O/c1-5-18(23)17-22-15-13-20(7-3)11-9-19(6-2)10-12-21(8-4)14-16-22/h18,23H,5-17H2,1-4H3. The van der Waals surface area contributed by atoms with Gasteiger partial charge in [0.15, 0.2) is 0 Å². The van der Waals surface area contributed by atoms with Gasteiger partial charge in [-0.1, -0.05) is 27.7 Å². The van der Waals surface area contributed by atoms with E-state index < -0.39 is 0 Å². The number of aliphatic hydroxyl groups excluding tert-OH is 1. The first-order valence-corrected chi connectivity index (χ1v) is 9.70. The smallest absolute Gasteiger partial charge is 0.0664 e. The highest BCUT2D eigenvalue weighted by molar-refractivity contribution is 4.72. The molecule has 0 spiro atoms. The van der Waals surface area contributed by atoms with Crippen molar-refractivity contribution in [3.05, 3.63) is 0 Å². The molecule has 1 rings (SSSR count). The van der Waals surface area contributed by atoms with Gasteiger partial charge in [0.2, 0.25) is 0 Å². The third-order valence-corrected chi connectivity index (χ3v) is 5.21. The lowest BCUT2D eigenvalue weighted by Gasteiger charge is -2.34. The molecule has 0 saturated carbocycles. The Morgan fingerprint density at radius 2 is 0.913 bits per heavy atom. The maximum Gasteiger partial charge on any atom is 0.0664 e. The summed E-state index contributed by atoms with van der Waals surface area (Å²) < 4.78 is 0. The Hall–Kier alpha value is -0.200. The summed E-state index contributed by atoms with van der Waals surface area (Å²) in [5.74, 6) is 0. The van der Waals surface area contributed by atoms with Gasteiger partial charge in [0.05, 0.1) is 6.10 Å². The fourth-order valence-electron chi connectivity index (χ4n) is 3.14. The van der Waals surface area contributed by atoms with Crippen molar-refractivity contribution in [3.63, 3.8) is 0 Å². The fraction of sp³-hybridized carbons (Fsp3) is 1.00. The van der Waals surface area contributed by atoms with Gasteiger partial charge in [0.25, 0.3) is 0 Å². The Bertz CT molecular complexity index is 270. The molecule has 1 atom stereocenters. The molecular formula is C18H40N4O. The maximum absolute atomic E-state index is 10.0. The number of β-amino-alcohol motifs (C(OH)–C–C–N with tert-alkyl or cyclic N) is 1. The third-order valence-electron chi connectivity index (χ3n) is 5.21. The molecule has 1 aliphatic heterocycles. The predicted octanol–water partition coefficient (Wildman–Crippen LogP) is 1.04. The second kappa shape index (κ2) is 12.2. The lowest BCUT2D eigenvalue weighted by Crippen LogP contribution is -2.47. The quantitative estimate of drug-likeness (QED) is 0.788. The van der Waals surface area contributed by atoms with Crippen molar-refractivity contribution in [1.29, 1.82) is 0 Å². The second-order valence-electron chi connectivity index (χ2n) is 6.67. The number of aliphatic hydroxyl groups is 1. The zero-order valence-corrected chi connectivity index (χ0v) is 16.0. The summed E-state index contributed by atoms with van der Waals surface area (Å²) in [7, 11) is 0. The van der Waals surface area contributed by atoms with Crippen LogP contribution in [0.15, 0.2) is 0 Å². The topological polar surface area (TPSA) is 33.2 Å². The lowest BCUT2D eigenvalue weighted by atomic mass is 10.2. The van der Waals surface area contributed by atoms with Gasteiger partial charge in [-0.3, -0.25) is 4.90 Å². The average Bonchev–Trinajstić information content (AvgIpc) is 2.57. The summed E-state index contributed by atoms with van der Waals surface area (Å²) in [5.41, 5.74) is 0. The molecular weight excluding hydrogens is 288 g/mol. The van der Waals surface area contributed by atoms with Crippen molar-refractivity contribution in [2.45, 2.75) is 40.2 Å². The molecule has 5 nitrogen and oxygen atoms in total. The molecule has 1 aliphatic rings. The van der Waals surface area contributed by atoms with Crippen molar-refractivity contribution >= 4 is 0 Å². The zero-order valence-electron chi connectivity index (χ0n) is 16.0. The van der Waals surface area contributed by atoms with E-state index in [2.05, 4.69) is 47.3 Å². The highest BCUT2D eigenvalue weighted by atomic mass is 16.3. The van der Waals surface area contributed by atoms with Crippen LogP contribution in [0.3, 0.4) is 0 Å². The van der Waals surface area contributed by atoms with E-state index in [4.69, 9.17) is 0 Å². The Morgan fingerprint density at radius 1 is 0.609 bits per heavy atom. The van der Waals surface area contributed by atoms with E-state index in [1.807, 2.05) is 0 Å². The SMILES string of the molecule is CCC(O)CN1CCN(CC)CCN(CC)CCN(CC)CC1. The molecule has 1 saturated heterocycles. The van der Waals surface area contributed by atoms with Crippen molar-refractivity contribution < 1.29 is 5.11 Å². The molecule has 0 aromatic heterocycles. The molecule has 0 aliphatic carbocycles. The summed E-state index contributed by atoms with van der Waals surface area (Å²) in [6.07, 6.45) is 0.653. The fourth-order valence-corrected chi connectivity index (χ4v) is 3.14. The van der Waals surface area contributed by atoms with Gasteiger partial charge < -0.3 is 19.8 Å². The Balaban J connectivity index is 2.66. The van der Waals surface area contributed by atoms with E-state index in [0.29, 0.717) is 0 Å². The molecule has 23 heavy (non-hydrogen) atoms. The van der Waals surface area contributed by atoms with Crippen LogP contribution in [0.25, 0.3) is 0 Å². The summed E-state index contributed by atoms with van der Waals surface area (Å²) in [4.78, 5) is 10.1. The normalized spacial score (nSPS) is 23.3. The molecule has 0 aromatic carbocycles. The zero-order chi connectivity index (χ0) is 17.1. The Morgan fingerprint density at radius 3 is 1.17 bits per heavy atom. The molecule has 0 aromatic rings. The average molecular weight is 329 g/mol. The van der Waals surface area contributed by atoms with Crippen molar-refractivity contribution in [1.82, 2.24) is 19.6 Å². The van der Waals surface area contributed by atoms with Crippen LogP contribution in [0.4, 0.5) is 0 Å². The maximum atomic E-state index is 10.0. The van der Waals surface area contributed by atoms with Crippen molar-refractivity contribution in [2.75, 3.05) is 78.5 Å². The predicted molar refractivity (Wildman–Crippen MR) is 99.1 cm³/mol. The van der Waals surface area contributed by atoms with Crippen LogP contribution in [0.5, 0.6) is 0 Å². The number of hydrogen-bond donors (Lipinski definition) is 1. The Kier molecular flexibility index (Phi) is 11.1. The van der Waals surface area contributed by atoms with E-state index in [1.165, 1.54) is 13.1 Å². The monoisotopic (exact) mass is 328 g/mol. The Labute approximate surface area is 144 Å². The molecule has 0 bridgehead atoms. The van der Waals surface area contributed by atoms with Gasteiger partial charge in [0.1, 0.15) is 0 Å². The van der Waals surface area contributed by atoms with Gasteiger partial charge in [-0.2, -0.15) is 0 Å². The first kappa shape index (κ1) is 20.8. The van der Waals surface area contributed by atoms with Crippen LogP contribution in [0.1, 0.15) is 34.1 Å². The largest absolute Gasteiger partial charge is 0.392 e. The van der Waals surface area contributed by atoms with Crippen molar-refractivity contribution in [3.8, 4) is 0 Å². The third kappa shape index (κ3) is 8.45. The second-order valence-corrected chi connectivity index (χ2v) is 6.67. The van der Waals surface area contributed by atoms with Crippen LogP contribution in [-0.4, -0.2) is 109 Å². The highest BCUT2D eigenvalue weighted by Crippen LogP contribution is 2.02. The number of hydrogen-bond acceptors (Lipinski definition) is 5. The van der Waals surface area contributed by atoms with Crippen LogP contribution in [0, 0.1) is 0 Å². The summed E-state index contributed by atoms with van der Waals surface area (Å²) in [6, 6.07) is 0. The van der Waals surface area contributed by atoms with E-state index in [0.717, 1.165) is 71.9 Å². The molecule has 0 amide bonds. The summed E-state index contributed by atoms with van der Waals surface area (Å²) in [5, 5.41) is 10.0. The van der Waals surface area contributed by atoms with Crippen LogP contribution >= 0.6 is 0 Å². The minimum Gasteiger partial charge on any atom is -0.392 e. The molecule has 5 heteroatoms. The first-order valence-electron chi connectivity index (χ1n) is 9.70. The highest BCUT2D eigenvalue weighted by Gasteiger charge is 2.16. The van der Waals surface area contributed by atoms with Crippen LogP contribution in [-0.2, 0) is 0 Å². The number of rotatable bonds is 6. The van der Waals surface area contributed by atoms with Crippen molar-refractivity contribution in [2.24, 2.45) is 0 Å². The summed E-state index contributed by atoms with van der Waals surface area (Å²) >= 11 is 0. The molecule has 0 radical (unpaired) electrons. The van der Waals surface area contributed by atoms with E-state index in [9.17, 15) is 5.11 Å². The van der Waals surface area contributed by atoms with Gasteiger partial charge in [-0.15, -0.1) is 0 Å². The van der Waals surface area contributed by atoms with Crippen LogP contribution in [0.2, 0.25) is 0 Å². The minimum atomic E-state index is -0.191. The van der Waals surface area contributed by atoms with Gasteiger partial charge in [-0.25, -0.2) is 0 Å². The first-order chi connectivity index (χ1) is 11.1. The van der Waals surface area contributed by atoms with E-state index >= 15 is 0 Å². The molecule has 1 fully saturated rings. The lowest BCUT2D eigenvalue weighted by molar-refractivity contribution is 0.0865. The molecule has 1 heterocycles. The van der Waals surface area contributed by atoms with Gasteiger partial charge >= 0.3 is 0 Å². The molecule has 1 unspecified atom stereocenters. The van der Waals surface area contributed by atoms with Gasteiger partial charge in [0, 0.05) is 58.9 Å². The minimum absolute atomic E-state index is 0.191. The number of nitrogens with zero attached hydrogens (tertiary/aromatic N) is 4. The number of likely N-dealkylation sites (N-methyl/N-ethyl adjacent to an activating group) is 3. The van der Waals surface area contributed by atoms with Crippen LogP contribution < -0.4 is 0 Å². The summed E-state index contributed by atoms with van der Waals surface area (Å²) in [6.45, 7) is 22.0. The molecule has 138 valence electrons. The van der Waals surface area contributed by atoms with Gasteiger partial charge in [-0.05, 0) is 26.1 Å². The van der Waals surface area contributed by atoms with E-state index in [-0.39, 0.29) is 6.10 Å². The van der Waals surface area contributed by atoms with E-state index in [1.54, 1.807) is 0 Å². The molecule has 1 N–H and O–H groups in total.